The number of hydrogen-bond acceptors (Lipinski definition) is 6. The molecule has 3 aromatic heterocycles. The maximum absolute atomic E-state index is 12.2. The van der Waals surface area contributed by atoms with Crippen LogP contribution < -0.4 is 0 Å². The predicted octanol–water partition coefficient (Wildman–Crippen LogP) is 3.43. The van der Waals surface area contributed by atoms with Gasteiger partial charge in [-0.05, 0) is 44.2 Å². The van der Waals surface area contributed by atoms with Gasteiger partial charge in [0.05, 0.1) is 23.1 Å². The first-order valence-electron chi connectivity index (χ1n) is 9.11. The van der Waals surface area contributed by atoms with E-state index in [9.17, 15) is 10.1 Å². The van der Waals surface area contributed by atoms with Gasteiger partial charge in [0.15, 0.2) is 5.69 Å². The summed E-state index contributed by atoms with van der Waals surface area (Å²) in [5, 5.41) is 18.7. The average molecular weight is 386 g/mol. The fraction of sp³-hybridized carbons (Fsp3) is 0.190. The van der Waals surface area contributed by atoms with Crippen LogP contribution in [0.1, 0.15) is 41.6 Å². The van der Waals surface area contributed by atoms with Crippen LogP contribution in [0, 0.1) is 11.3 Å². The minimum Gasteiger partial charge on any atom is -0.454 e. The lowest BCUT2D eigenvalue weighted by molar-refractivity contribution is 0.0460. The highest BCUT2D eigenvalue weighted by molar-refractivity contribution is 5.88. The summed E-state index contributed by atoms with van der Waals surface area (Å²) in [5.74, 6) is -0.577. The Labute approximate surface area is 167 Å². The zero-order chi connectivity index (χ0) is 20.4. The van der Waals surface area contributed by atoms with Gasteiger partial charge >= 0.3 is 5.97 Å². The molecule has 29 heavy (non-hydrogen) atoms. The van der Waals surface area contributed by atoms with Gasteiger partial charge in [-0.25, -0.2) is 4.79 Å². The van der Waals surface area contributed by atoms with E-state index in [1.54, 1.807) is 18.3 Å². The summed E-state index contributed by atoms with van der Waals surface area (Å²) < 4.78 is 7.29. The van der Waals surface area contributed by atoms with Crippen molar-refractivity contribution in [2.75, 3.05) is 0 Å². The van der Waals surface area contributed by atoms with E-state index in [1.807, 2.05) is 30.5 Å². The number of carbonyl (C=O) groups excluding carboxylic acids is 1. The summed E-state index contributed by atoms with van der Waals surface area (Å²) in [4.78, 5) is 17.7. The Morgan fingerprint density at radius 3 is 2.86 bits per heavy atom. The molecule has 0 saturated carbocycles. The Balaban J connectivity index is 1.58. The van der Waals surface area contributed by atoms with Crippen LogP contribution in [0.5, 0.6) is 0 Å². The quantitative estimate of drug-likeness (QED) is 0.487. The molecular weight excluding hydrogens is 368 g/mol. The first-order valence-corrected chi connectivity index (χ1v) is 9.11. The van der Waals surface area contributed by atoms with Gasteiger partial charge in [0, 0.05) is 29.3 Å². The molecule has 0 unspecified atom stereocenters. The maximum Gasteiger partial charge on any atom is 0.360 e. The number of ether oxygens (including phenoxy) is 1. The molecule has 0 aliphatic rings. The number of nitriles is 1. The summed E-state index contributed by atoms with van der Waals surface area (Å²) in [7, 11) is 0. The highest BCUT2D eigenvalue weighted by Gasteiger charge is 2.15. The lowest BCUT2D eigenvalue weighted by Crippen LogP contribution is -2.08. The van der Waals surface area contributed by atoms with E-state index in [1.165, 1.54) is 11.0 Å². The standard InChI is InChI=1S/C21H18N6O2/c1-14(2)26-12-15(10-22)18-9-17(6-7-20(18)26)27-24-11-19(25-27)21(28)29-13-16-5-3-4-8-23-16/h3-9,11-12,14H,13H2,1-2H3. The Morgan fingerprint density at radius 2 is 2.14 bits per heavy atom. The third-order valence-corrected chi connectivity index (χ3v) is 4.50. The van der Waals surface area contributed by atoms with Gasteiger partial charge in [-0.15, -0.1) is 5.10 Å². The van der Waals surface area contributed by atoms with E-state index in [0.29, 0.717) is 16.9 Å². The van der Waals surface area contributed by atoms with E-state index in [4.69, 9.17) is 4.74 Å². The Morgan fingerprint density at radius 1 is 1.28 bits per heavy atom. The molecule has 8 nitrogen and oxygen atoms in total. The first kappa shape index (κ1) is 18.4. The van der Waals surface area contributed by atoms with Crippen molar-refractivity contribution in [1.82, 2.24) is 24.5 Å². The number of rotatable bonds is 5. The van der Waals surface area contributed by atoms with Crippen LogP contribution in [-0.4, -0.2) is 30.5 Å². The topological polar surface area (TPSA) is 98.6 Å². The molecule has 4 aromatic rings. The van der Waals surface area contributed by atoms with E-state index in [0.717, 1.165) is 10.9 Å². The molecule has 0 fully saturated rings. The number of fused-ring (bicyclic) bond motifs is 1. The minimum atomic E-state index is -0.577. The molecule has 144 valence electrons. The molecule has 0 N–H and O–H groups in total. The predicted molar refractivity (Wildman–Crippen MR) is 105 cm³/mol. The number of hydrogen-bond donors (Lipinski definition) is 0. The summed E-state index contributed by atoms with van der Waals surface area (Å²) in [5.41, 5.74) is 2.94. The number of nitrogens with zero attached hydrogens (tertiary/aromatic N) is 6. The summed E-state index contributed by atoms with van der Waals surface area (Å²) in [6, 6.07) is 13.5. The molecule has 3 heterocycles. The smallest absolute Gasteiger partial charge is 0.360 e. The van der Waals surface area contributed by atoms with Crippen molar-refractivity contribution < 1.29 is 9.53 Å². The molecule has 0 bridgehead atoms. The SMILES string of the molecule is CC(C)n1cc(C#N)c2cc(-n3ncc(C(=O)OCc4ccccn4)n3)ccc21. The van der Waals surface area contributed by atoms with Gasteiger partial charge in [-0.3, -0.25) is 4.98 Å². The molecule has 1 aromatic carbocycles. The normalized spacial score (nSPS) is 11.0. The van der Waals surface area contributed by atoms with E-state index in [2.05, 4.69) is 39.7 Å². The zero-order valence-corrected chi connectivity index (χ0v) is 16.0. The average Bonchev–Trinajstić information content (AvgIpc) is 3.37. The zero-order valence-electron chi connectivity index (χ0n) is 16.0. The molecule has 8 heteroatoms. The molecule has 0 amide bonds. The third-order valence-electron chi connectivity index (χ3n) is 4.50. The first-order chi connectivity index (χ1) is 14.1. The van der Waals surface area contributed by atoms with Gasteiger partial charge < -0.3 is 9.30 Å². The van der Waals surface area contributed by atoms with Gasteiger partial charge in [0.25, 0.3) is 0 Å². The highest BCUT2D eigenvalue weighted by atomic mass is 16.5. The summed E-state index contributed by atoms with van der Waals surface area (Å²) in [6.07, 6.45) is 4.84. The second-order valence-electron chi connectivity index (χ2n) is 6.77. The van der Waals surface area contributed by atoms with Crippen molar-refractivity contribution >= 4 is 16.9 Å². The van der Waals surface area contributed by atoms with E-state index >= 15 is 0 Å². The summed E-state index contributed by atoms with van der Waals surface area (Å²) in [6.45, 7) is 4.19. The molecule has 0 radical (unpaired) electrons. The van der Waals surface area contributed by atoms with Crippen LogP contribution in [0.4, 0.5) is 0 Å². The minimum absolute atomic E-state index is 0.0622. The lowest BCUT2D eigenvalue weighted by Gasteiger charge is -2.09. The molecule has 0 aliphatic heterocycles. The van der Waals surface area contributed by atoms with E-state index in [-0.39, 0.29) is 18.3 Å². The summed E-state index contributed by atoms with van der Waals surface area (Å²) >= 11 is 0. The van der Waals surface area contributed by atoms with E-state index < -0.39 is 5.97 Å². The number of aromatic nitrogens is 5. The molecule has 0 spiro atoms. The van der Waals surface area contributed by atoms with Crippen LogP contribution >= 0.6 is 0 Å². The molecule has 0 atom stereocenters. The van der Waals surface area contributed by atoms with Crippen LogP contribution in [-0.2, 0) is 11.3 Å². The largest absolute Gasteiger partial charge is 0.454 e. The fourth-order valence-electron chi connectivity index (χ4n) is 3.06. The van der Waals surface area contributed by atoms with Crippen molar-refractivity contribution in [2.45, 2.75) is 26.5 Å². The Kier molecular flexibility index (Phi) is 4.79. The van der Waals surface area contributed by atoms with Gasteiger partial charge in [-0.2, -0.15) is 15.2 Å². The fourth-order valence-corrected chi connectivity index (χ4v) is 3.06. The third kappa shape index (κ3) is 3.58. The highest BCUT2D eigenvalue weighted by Crippen LogP contribution is 2.26. The van der Waals surface area contributed by atoms with Crippen LogP contribution in [0.25, 0.3) is 16.6 Å². The van der Waals surface area contributed by atoms with Crippen molar-refractivity contribution in [3.05, 3.63) is 71.9 Å². The number of carbonyl (C=O) groups is 1. The second kappa shape index (κ2) is 7.56. The number of pyridine rings is 1. The van der Waals surface area contributed by atoms with Crippen molar-refractivity contribution in [1.29, 1.82) is 5.26 Å². The van der Waals surface area contributed by atoms with Crippen LogP contribution in [0.15, 0.2) is 55.0 Å². The molecular formula is C21H18N6O2. The molecule has 0 saturated heterocycles. The van der Waals surface area contributed by atoms with Crippen molar-refractivity contribution in [2.24, 2.45) is 0 Å². The van der Waals surface area contributed by atoms with Gasteiger partial charge in [0.1, 0.15) is 12.7 Å². The van der Waals surface area contributed by atoms with Crippen LogP contribution in [0.2, 0.25) is 0 Å². The monoisotopic (exact) mass is 386 g/mol. The Hall–Kier alpha value is -3.99. The maximum atomic E-state index is 12.2. The van der Waals surface area contributed by atoms with Crippen molar-refractivity contribution in [3.8, 4) is 11.8 Å². The van der Waals surface area contributed by atoms with Crippen molar-refractivity contribution in [3.63, 3.8) is 0 Å². The Bertz CT molecular complexity index is 1220. The second-order valence-corrected chi connectivity index (χ2v) is 6.77. The molecule has 0 aliphatic carbocycles. The van der Waals surface area contributed by atoms with Gasteiger partial charge in [-0.1, -0.05) is 6.07 Å². The molecule has 4 rings (SSSR count). The number of esters is 1. The van der Waals surface area contributed by atoms with Crippen LogP contribution in [0.3, 0.4) is 0 Å². The van der Waals surface area contributed by atoms with Gasteiger partial charge in [0.2, 0.25) is 0 Å². The number of benzene rings is 1. The lowest BCUT2D eigenvalue weighted by atomic mass is 10.1.